The van der Waals surface area contributed by atoms with Gasteiger partial charge in [-0.2, -0.15) is 0 Å². The molecule has 2 amide bonds. The first-order valence-electron chi connectivity index (χ1n) is 10.7. The molecule has 3 aromatic rings. The van der Waals surface area contributed by atoms with Gasteiger partial charge in [0.15, 0.2) is 5.16 Å². The average molecular weight is 452 g/mol. The number of benzene rings is 2. The van der Waals surface area contributed by atoms with Crippen LogP contribution >= 0.6 is 11.8 Å². The molecule has 0 saturated heterocycles. The van der Waals surface area contributed by atoms with Crippen molar-refractivity contribution in [3.05, 3.63) is 65.5 Å². The predicted molar refractivity (Wildman–Crippen MR) is 129 cm³/mol. The van der Waals surface area contributed by atoms with Crippen LogP contribution in [0.1, 0.15) is 43.6 Å². The fourth-order valence-electron chi connectivity index (χ4n) is 3.29. The SMILES string of the molecule is CCn1c(CC(=O)Nc2ccc(C)cc2)nnc1SCC(=O)Nc1ccccc1C(C)C. The number of aryl methyl sites for hydroxylation is 1. The van der Waals surface area contributed by atoms with Gasteiger partial charge in [0.1, 0.15) is 5.82 Å². The second-order valence-corrected chi connectivity index (χ2v) is 8.76. The number of anilines is 2. The highest BCUT2D eigenvalue weighted by molar-refractivity contribution is 7.99. The first-order chi connectivity index (χ1) is 15.4. The predicted octanol–water partition coefficient (Wildman–Crippen LogP) is 4.64. The molecule has 168 valence electrons. The van der Waals surface area contributed by atoms with E-state index in [9.17, 15) is 9.59 Å². The molecule has 0 bridgehead atoms. The van der Waals surface area contributed by atoms with Crippen LogP contribution in [0.3, 0.4) is 0 Å². The second-order valence-electron chi connectivity index (χ2n) is 7.81. The van der Waals surface area contributed by atoms with Crippen molar-refractivity contribution in [3.63, 3.8) is 0 Å². The van der Waals surface area contributed by atoms with E-state index in [0.717, 1.165) is 22.5 Å². The van der Waals surface area contributed by atoms with Crippen molar-refractivity contribution in [2.45, 2.75) is 51.7 Å². The Morgan fingerprint density at radius 1 is 1.00 bits per heavy atom. The minimum atomic E-state index is -0.157. The highest BCUT2D eigenvalue weighted by Gasteiger charge is 2.17. The molecule has 8 heteroatoms. The highest BCUT2D eigenvalue weighted by Crippen LogP contribution is 2.24. The Balaban J connectivity index is 1.59. The summed E-state index contributed by atoms with van der Waals surface area (Å²) in [5, 5.41) is 14.9. The van der Waals surface area contributed by atoms with E-state index in [-0.39, 0.29) is 24.0 Å². The fraction of sp³-hybridized carbons (Fsp3) is 0.333. The van der Waals surface area contributed by atoms with Crippen molar-refractivity contribution in [3.8, 4) is 0 Å². The van der Waals surface area contributed by atoms with E-state index in [1.54, 1.807) is 0 Å². The molecule has 7 nitrogen and oxygen atoms in total. The lowest BCUT2D eigenvalue weighted by Gasteiger charge is -2.13. The number of nitrogens with one attached hydrogen (secondary N) is 2. The van der Waals surface area contributed by atoms with E-state index < -0.39 is 0 Å². The van der Waals surface area contributed by atoms with Gasteiger partial charge in [0.2, 0.25) is 11.8 Å². The van der Waals surface area contributed by atoms with Gasteiger partial charge >= 0.3 is 0 Å². The molecule has 0 unspecified atom stereocenters. The van der Waals surface area contributed by atoms with Gasteiger partial charge in [-0.3, -0.25) is 9.59 Å². The number of hydrogen-bond donors (Lipinski definition) is 2. The average Bonchev–Trinajstić information content (AvgIpc) is 3.15. The minimum Gasteiger partial charge on any atom is -0.326 e. The molecule has 2 N–H and O–H groups in total. The Kier molecular flexibility index (Phi) is 8.05. The molecule has 32 heavy (non-hydrogen) atoms. The number of nitrogens with zero attached hydrogens (tertiary/aromatic N) is 3. The van der Waals surface area contributed by atoms with Gasteiger partial charge < -0.3 is 15.2 Å². The van der Waals surface area contributed by atoms with E-state index in [2.05, 4.69) is 34.7 Å². The molecule has 0 aliphatic rings. The molecule has 0 spiro atoms. The lowest BCUT2D eigenvalue weighted by molar-refractivity contribution is -0.116. The van der Waals surface area contributed by atoms with Crippen LogP contribution in [0.5, 0.6) is 0 Å². The lowest BCUT2D eigenvalue weighted by Crippen LogP contribution is -2.18. The molecule has 1 aromatic heterocycles. The summed E-state index contributed by atoms with van der Waals surface area (Å²) in [5.41, 5.74) is 3.81. The van der Waals surface area contributed by atoms with Crippen LogP contribution in [0.4, 0.5) is 11.4 Å². The van der Waals surface area contributed by atoms with Crippen molar-refractivity contribution >= 4 is 35.0 Å². The number of carbonyl (C=O) groups is 2. The summed E-state index contributed by atoms with van der Waals surface area (Å²) in [4.78, 5) is 25.0. The Labute approximate surface area is 193 Å². The fourth-order valence-corrected chi connectivity index (χ4v) is 4.11. The van der Waals surface area contributed by atoms with Crippen LogP contribution < -0.4 is 10.6 Å². The van der Waals surface area contributed by atoms with Gasteiger partial charge in [0.05, 0.1) is 12.2 Å². The monoisotopic (exact) mass is 451 g/mol. The molecular weight excluding hydrogens is 422 g/mol. The molecule has 2 aromatic carbocycles. The van der Waals surface area contributed by atoms with Gasteiger partial charge in [-0.1, -0.05) is 61.5 Å². The molecule has 0 atom stereocenters. The van der Waals surface area contributed by atoms with Crippen LogP contribution in [0.25, 0.3) is 0 Å². The normalized spacial score (nSPS) is 10.9. The zero-order valence-electron chi connectivity index (χ0n) is 18.9. The molecule has 0 aliphatic carbocycles. The van der Waals surface area contributed by atoms with E-state index in [4.69, 9.17) is 0 Å². The highest BCUT2D eigenvalue weighted by atomic mass is 32.2. The molecule has 0 aliphatic heterocycles. The summed E-state index contributed by atoms with van der Waals surface area (Å²) in [6.45, 7) is 8.77. The third kappa shape index (κ3) is 6.20. The molecule has 0 fully saturated rings. The summed E-state index contributed by atoms with van der Waals surface area (Å²) >= 11 is 1.31. The summed E-state index contributed by atoms with van der Waals surface area (Å²) < 4.78 is 1.87. The van der Waals surface area contributed by atoms with Gasteiger partial charge in [0, 0.05) is 17.9 Å². The van der Waals surface area contributed by atoms with Gasteiger partial charge in [-0.15, -0.1) is 10.2 Å². The topological polar surface area (TPSA) is 88.9 Å². The molecular formula is C24H29N5O2S. The van der Waals surface area contributed by atoms with Crippen molar-refractivity contribution < 1.29 is 9.59 Å². The Hall–Kier alpha value is -3.13. The van der Waals surface area contributed by atoms with Crippen LogP contribution in [0.15, 0.2) is 53.7 Å². The van der Waals surface area contributed by atoms with E-state index in [0.29, 0.717) is 23.4 Å². The smallest absolute Gasteiger partial charge is 0.234 e. The maximum absolute atomic E-state index is 12.5. The van der Waals surface area contributed by atoms with Crippen molar-refractivity contribution in [2.75, 3.05) is 16.4 Å². The zero-order chi connectivity index (χ0) is 23.1. The molecule has 3 rings (SSSR count). The van der Waals surface area contributed by atoms with E-state index in [1.165, 1.54) is 11.8 Å². The number of rotatable bonds is 9. The maximum atomic E-state index is 12.5. The first-order valence-corrected chi connectivity index (χ1v) is 11.7. The number of aromatic nitrogens is 3. The third-order valence-corrected chi connectivity index (χ3v) is 5.92. The third-order valence-electron chi connectivity index (χ3n) is 4.95. The Bertz CT molecular complexity index is 1080. The Morgan fingerprint density at radius 2 is 1.72 bits per heavy atom. The standard InChI is InChI=1S/C24H29N5O2S/c1-5-29-21(14-22(30)25-18-12-10-17(4)11-13-18)27-28-24(29)32-15-23(31)26-20-9-7-6-8-19(20)16(2)3/h6-13,16H,5,14-15H2,1-4H3,(H,25,30)(H,26,31). The van der Waals surface area contributed by atoms with Gasteiger partial charge in [0.25, 0.3) is 0 Å². The summed E-state index contributed by atoms with van der Waals surface area (Å²) in [6.07, 6.45) is 0.114. The van der Waals surface area contributed by atoms with Crippen molar-refractivity contribution in [1.82, 2.24) is 14.8 Å². The maximum Gasteiger partial charge on any atom is 0.234 e. The summed E-state index contributed by atoms with van der Waals surface area (Å²) in [5.74, 6) is 0.837. The number of amides is 2. The van der Waals surface area contributed by atoms with Crippen LogP contribution in [0, 0.1) is 6.92 Å². The minimum absolute atomic E-state index is 0.104. The largest absolute Gasteiger partial charge is 0.326 e. The number of hydrogen-bond acceptors (Lipinski definition) is 5. The van der Waals surface area contributed by atoms with Crippen LogP contribution in [-0.4, -0.2) is 32.3 Å². The number of para-hydroxylation sites is 1. The number of thioether (sulfide) groups is 1. The zero-order valence-corrected chi connectivity index (χ0v) is 19.7. The van der Waals surface area contributed by atoms with E-state index in [1.807, 2.05) is 66.9 Å². The van der Waals surface area contributed by atoms with Crippen molar-refractivity contribution in [1.29, 1.82) is 0 Å². The summed E-state index contributed by atoms with van der Waals surface area (Å²) in [6, 6.07) is 15.5. The number of carbonyl (C=O) groups excluding carboxylic acids is 2. The molecule has 0 radical (unpaired) electrons. The lowest BCUT2D eigenvalue weighted by atomic mass is 10.0. The van der Waals surface area contributed by atoms with Crippen LogP contribution in [0.2, 0.25) is 0 Å². The first kappa shape index (κ1) is 23.5. The quantitative estimate of drug-likeness (QED) is 0.463. The Morgan fingerprint density at radius 3 is 2.41 bits per heavy atom. The van der Waals surface area contributed by atoms with Gasteiger partial charge in [-0.05, 0) is 43.5 Å². The van der Waals surface area contributed by atoms with Crippen LogP contribution in [-0.2, 0) is 22.6 Å². The van der Waals surface area contributed by atoms with E-state index >= 15 is 0 Å². The second kappa shape index (κ2) is 10.9. The molecule has 0 saturated carbocycles. The molecule has 1 heterocycles. The summed E-state index contributed by atoms with van der Waals surface area (Å²) in [7, 11) is 0. The van der Waals surface area contributed by atoms with Gasteiger partial charge in [-0.25, -0.2) is 0 Å². The van der Waals surface area contributed by atoms with Crippen molar-refractivity contribution in [2.24, 2.45) is 0 Å².